The van der Waals surface area contributed by atoms with Gasteiger partial charge in [-0.25, -0.2) is 0 Å². The Bertz CT molecular complexity index is 184. The molecule has 1 aromatic rings. The van der Waals surface area contributed by atoms with Crippen LogP contribution in [0.4, 0.5) is 0 Å². The van der Waals surface area contributed by atoms with Crippen LogP contribution in [0.15, 0.2) is 17.5 Å². The molecule has 0 bridgehead atoms. The van der Waals surface area contributed by atoms with Crippen LogP contribution < -0.4 is 0 Å². The molecule has 1 heterocycles. The molecular formula is C9H14O2S. The molecule has 0 radical (unpaired) electrons. The number of hydrogen-bond acceptors (Lipinski definition) is 3. The zero-order valence-corrected chi connectivity index (χ0v) is 8.10. The first kappa shape index (κ1) is 9.71. The summed E-state index contributed by atoms with van der Waals surface area (Å²) in [7, 11) is 1.68. The van der Waals surface area contributed by atoms with Gasteiger partial charge >= 0.3 is 0 Å². The van der Waals surface area contributed by atoms with Gasteiger partial charge in [0.15, 0.2) is 0 Å². The van der Waals surface area contributed by atoms with Crippen LogP contribution >= 0.6 is 11.3 Å². The Kier molecular flexibility index (Phi) is 4.99. The summed E-state index contributed by atoms with van der Waals surface area (Å²) < 4.78 is 10.2. The third-order valence-corrected chi connectivity index (χ3v) is 2.44. The van der Waals surface area contributed by atoms with Crippen molar-refractivity contribution in [1.29, 1.82) is 0 Å². The molecule has 12 heavy (non-hydrogen) atoms. The molecule has 1 rings (SSSR count). The zero-order valence-electron chi connectivity index (χ0n) is 7.29. The van der Waals surface area contributed by atoms with Gasteiger partial charge in [-0.15, -0.1) is 11.3 Å². The van der Waals surface area contributed by atoms with Gasteiger partial charge < -0.3 is 9.47 Å². The van der Waals surface area contributed by atoms with E-state index in [2.05, 4.69) is 17.5 Å². The molecule has 0 aliphatic rings. The second kappa shape index (κ2) is 6.17. The Labute approximate surface area is 77.1 Å². The molecule has 1 aromatic heterocycles. The molecule has 0 saturated carbocycles. The van der Waals surface area contributed by atoms with Crippen LogP contribution in [0.3, 0.4) is 0 Å². The van der Waals surface area contributed by atoms with Crippen LogP contribution in [0, 0.1) is 0 Å². The van der Waals surface area contributed by atoms with Crippen LogP contribution in [0.2, 0.25) is 0 Å². The molecule has 0 unspecified atom stereocenters. The number of thiophene rings is 1. The van der Waals surface area contributed by atoms with Crippen LogP contribution in [0.25, 0.3) is 0 Å². The van der Waals surface area contributed by atoms with Crippen LogP contribution in [0.5, 0.6) is 0 Å². The summed E-state index contributed by atoms with van der Waals surface area (Å²) in [5, 5.41) is 2.09. The van der Waals surface area contributed by atoms with Crippen molar-refractivity contribution in [2.24, 2.45) is 0 Å². The van der Waals surface area contributed by atoms with E-state index in [1.54, 1.807) is 18.4 Å². The maximum Gasteiger partial charge on any atom is 0.0700 e. The van der Waals surface area contributed by atoms with Crippen LogP contribution in [-0.2, 0) is 15.9 Å². The fourth-order valence-corrected chi connectivity index (χ4v) is 1.56. The SMILES string of the molecule is COCCOCCc1cccs1. The number of rotatable bonds is 6. The van der Waals surface area contributed by atoms with E-state index in [9.17, 15) is 0 Å². The van der Waals surface area contributed by atoms with Gasteiger partial charge in [-0.3, -0.25) is 0 Å². The Balaban J connectivity index is 1.96. The molecule has 0 aliphatic carbocycles. The smallest absolute Gasteiger partial charge is 0.0700 e. The van der Waals surface area contributed by atoms with Crippen molar-refractivity contribution in [2.45, 2.75) is 6.42 Å². The van der Waals surface area contributed by atoms with E-state index >= 15 is 0 Å². The first-order valence-electron chi connectivity index (χ1n) is 4.02. The third kappa shape index (κ3) is 3.85. The van der Waals surface area contributed by atoms with Gasteiger partial charge in [0.2, 0.25) is 0 Å². The second-order valence-electron chi connectivity index (χ2n) is 2.43. The second-order valence-corrected chi connectivity index (χ2v) is 3.47. The van der Waals surface area contributed by atoms with Gasteiger partial charge in [0.25, 0.3) is 0 Å². The van der Waals surface area contributed by atoms with Crippen molar-refractivity contribution in [3.8, 4) is 0 Å². The summed E-state index contributed by atoms with van der Waals surface area (Å²) >= 11 is 1.78. The zero-order chi connectivity index (χ0) is 8.65. The fraction of sp³-hybridized carbons (Fsp3) is 0.556. The molecule has 2 nitrogen and oxygen atoms in total. The van der Waals surface area contributed by atoms with Crippen LogP contribution in [-0.4, -0.2) is 26.9 Å². The minimum atomic E-state index is 0.685. The maximum absolute atomic E-state index is 5.33. The number of ether oxygens (including phenoxy) is 2. The molecule has 0 fully saturated rings. The van der Waals surface area contributed by atoms with E-state index in [-0.39, 0.29) is 0 Å². The molecule has 0 amide bonds. The highest BCUT2D eigenvalue weighted by Crippen LogP contribution is 2.08. The Morgan fingerprint density at radius 2 is 2.25 bits per heavy atom. The molecule has 0 N–H and O–H groups in total. The van der Waals surface area contributed by atoms with E-state index in [1.165, 1.54) is 4.88 Å². The van der Waals surface area contributed by atoms with E-state index in [0.717, 1.165) is 13.0 Å². The summed E-state index contributed by atoms with van der Waals surface area (Å²) in [6, 6.07) is 4.19. The van der Waals surface area contributed by atoms with Gasteiger partial charge in [0.05, 0.1) is 19.8 Å². The van der Waals surface area contributed by atoms with Crippen molar-refractivity contribution in [3.63, 3.8) is 0 Å². The molecule has 0 atom stereocenters. The van der Waals surface area contributed by atoms with Crippen molar-refractivity contribution in [1.82, 2.24) is 0 Å². The predicted octanol–water partition coefficient (Wildman–Crippen LogP) is 1.95. The number of hydrogen-bond donors (Lipinski definition) is 0. The molecular weight excluding hydrogens is 172 g/mol. The van der Waals surface area contributed by atoms with E-state index in [0.29, 0.717) is 13.2 Å². The average Bonchev–Trinajstić information content (AvgIpc) is 2.57. The van der Waals surface area contributed by atoms with Gasteiger partial charge in [-0.1, -0.05) is 6.07 Å². The first-order valence-corrected chi connectivity index (χ1v) is 4.90. The molecule has 68 valence electrons. The predicted molar refractivity (Wildman–Crippen MR) is 50.7 cm³/mol. The lowest BCUT2D eigenvalue weighted by Gasteiger charge is -2.01. The van der Waals surface area contributed by atoms with Gasteiger partial charge in [0.1, 0.15) is 0 Å². The minimum absolute atomic E-state index is 0.685. The lowest BCUT2D eigenvalue weighted by atomic mass is 10.4. The summed E-state index contributed by atoms with van der Waals surface area (Å²) in [6.45, 7) is 2.18. The molecule has 0 saturated heterocycles. The molecule has 0 aromatic carbocycles. The number of methoxy groups -OCH3 is 1. The monoisotopic (exact) mass is 186 g/mol. The first-order chi connectivity index (χ1) is 5.93. The maximum atomic E-state index is 5.33. The normalized spacial score (nSPS) is 10.4. The van der Waals surface area contributed by atoms with Crippen molar-refractivity contribution < 1.29 is 9.47 Å². The van der Waals surface area contributed by atoms with Crippen molar-refractivity contribution in [3.05, 3.63) is 22.4 Å². The highest BCUT2D eigenvalue weighted by molar-refractivity contribution is 7.09. The van der Waals surface area contributed by atoms with Crippen molar-refractivity contribution >= 4 is 11.3 Å². The molecule has 0 spiro atoms. The Morgan fingerprint density at radius 3 is 2.92 bits per heavy atom. The molecule has 3 heteroatoms. The van der Waals surface area contributed by atoms with Gasteiger partial charge in [0, 0.05) is 18.4 Å². The standard InChI is InChI=1S/C9H14O2S/c1-10-6-7-11-5-4-9-3-2-8-12-9/h2-3,8H,4-7H2,1H3. The fourth-order valence-electron chi connectivity index (χ4n) is 0.872. The van der Waals surface area contributed by atoms with E-state index in [4.69, 9.17) is 9.47 Å². The highest BCUT2D eigenvalue weighted by atomic mass is 32.1. The summed E-state index contributed by atoms with van der Waals surface area (Å²) in [5.74, 6) is 0. The van der Waals surface area contributed by atoms with E-state index in [1.807, 2.05) is 0 Å². The summed E-state index contributed by atoms with van der Waals surface area (Å²) in [6.07, 6.45) is 1.02. The highest BCUT2D eigenvalue weighted by Gasteiger charge is 1.92. The lowest BCUT2D eigenvalue weighted by molar-refractivity contribution is 0.0725. The van der Waals surface area contributed by atoms with Gasteiger partial charge in [-0.05, 0) is 11.4 Å². The quantitative estimate of drug-likeness (QED) is 0.632. The molecule has 0 aliphatic heterocycles. The Hall–Kier alpha value is -0.380. The topological polar surface area (TPSA) is 18.5 Å². The Morgan fingerprint density at radius 1 is 1.33 bits per heavy atom. The summed E-state index contributed by atoms with van der Waals surface area (Å²) in [5.41, 5.74) is 0. The summed E-state index contributed by atoms with van der Waals surface area (Å²) in [4.78, 5) is 1.38. The van der Waals surface area contributed by atoms with Gasteiger partial charge in [-0.2, -0.15) is 0 Å². The minimum Gasteiger partial charge on any atom is -0.382 e. The third-order valence-electron chi connectivity index (χ3n) is 1.50. The lowest BCUT2D eigenvalue weighted by Crippen LogP contribution is -2.04. The average molecular weight is 186 g/mol. The van der Waals surface area contributed by atoms with Crippen LogP contribution in [0.1, 0.15) is 4.88 Å². The van der Waals surface area contributed by atoms with E-state index < -0.39 is 0 Å². The van der Waals surface area contributed by atoms with Crippen molar-refractivity contribution in [2.75, 3.05) is 26.9 Å². The largest absolute Gasteiger partial charge is 0.382 e.